The molecule has 2 N–H and O–H groups in total. The van der Waals surface area contributed by atoms with Crippen LogP contribution in [0.2, 0.25) is 0 Å². The zero-order valence-corrected chi connectivity index (χ0v) is 11.9. The lowest BCUT2D eigenvalue weighted by Gasteiger charge is -2.07. The van der Waals surface area contributed by atoms with Gasteiger partial charge in [-0.15, -0.1) is 5.10 Å². The monoisotopic (exact) mass is 297 g/mol. The minimum Gasteiger partial charge on any atom is -0.408 e. The standard InChI is InChI=1S/C11H15N5O3S/c1-3-5-12-10-7-9(4-6-13-10)20(17,18)16-11-15-14-8(2)19-11/h4,6-7H,3,5H2,1-2H3,(H,12,13)(H,15,16). The highest BCUT2D eigenvalue weighted by Crippen LogP contribution is 2.16. The van der Waals surface area contributed by atoms with Crippen molar-refractivity contribution in [1.29, 1.82) is 0 Å². The molecule has 0 aliphatic rings. The zero-order chi connectivity index (χ0) is 14.6. The summed E-state index contributed by atoms with van der Waals surface area (Å²) in [5.41, 5.74) is 0. The van der Waals surface area contributed by atoms with Crippen LogP contribution in [-0.4, -0.2) is 30.1 Å². The van der Waals surface area contributed by atoms with Crippen molar-refractivity contribution >= 4 is 21.9 Å². The molecule has 0 atom stereocenters. The van der Waals surface area contributed by atoms with Crippen molar-refractivity contribution in [3.05, 3.63) is 24.2 Å². The van der Waals surface area contributed by atoms with Crippen LogP contribution in [-0.2, 0) is 10.0 Å². The molecule has 2 rings (SSSR count). The number of rotatable bonds is 6. The van der Waals surface area contributed by atoms with Gasteiger partial charge in [-0.3, -0.25) is 0 Å². The molecule has 0 unspecified atom stereocenters. The van der Waals surface area contributed by atoms with Crippen molar-refractivity contribution in [3.8, 4) is 0 Å². The summed E-state index contributed by atoms with van der Waals surface area (Å²) < 4.78 is 31.5. The van der Waals surface area contributed by atoms with Crippen molar-refractivity contribution in [1.82, 2.24) is 15.2 Å². The van der Waals surface area contributed by atoms with Gasteiger partial charge in [-0.25, -0.2) is 18.1 Å². The Bertz CT molecular complexity index is 683. The number of aryl methyl sites for hydroxylation is 1. The molecule has 0 aromatic carbocycles. The van der Waals surface area contributed by atoms with Crippen molar-refractivity contribution in [2.24, 2.45) is 0 Å². The molecule has 0 radical (unpaired) electrons. The molecule has 9 heteroatoms. The second-order valence-corrected chi connectivity index (χ2v) is 5.72. The average molecular weight is 297 g/mol. The maximum Gasteiger partial charge on any atom is 0.329 e. The maximum atomic E-state index is 12.1. The Balaban J connectivity index is 2.20. The molecule has 108 valence electrons. The minimum absolute atomic E-state index is 0.0713. The molecule has 2 aromatic rings. The molecule has 0 fully saturated rings. The van der Waals surface area contributed by atoms with Gasteiger partial charge in [0.25, 0.3) is 10.0 Å². The molecule has 0 aliphatic heterocycles. The average Bonchev–Trinajstić information content (AvgIpc) is 2.81. The van der Waals surface area contributed by atoms with Crippen LogP contribution < -0.4 is 10.0 Å². The summed E-state index contributed by atoms with van der Waals surface area (Å²) in [4.78, 5) is 4.12. The first kappa shape index (κ1) is 14.3. The van der Waals surface area contributed by atoms with Gasteiger partial charge in [-0.2, -0.15) is 0 Å². The number of nitrogens with one attached hydrogen (secondary N) is 2. The van der Waals surface area contributed by atoms with E-state index >= 15 is 0 Å². The van der Waals surface area contributed by atoms with E-state index in [2.05, 4.69) is 25.2 Å². The molecule has 2 heterocycles. The smallest absolute Gasteiger partial charge is 0.329 e. The molecule has 8 nitrogen and oxygen atoms in total. The molecule has 20 heavy (non-hydrogen) atoms. The van der Waals surface area contributed by atoms with E-state index < -0.39 is 10.0 Å². The highest BCUT2D eigenvalue weighted by atomic mass is 32.2. The SMILES string of the molecule is CCCNc1cc(S(=O)(=O)Nc2nnc(C)o2)ccn1. The number of sulfonamides is 1. The summed E-state index contributed by atoms with van der Waals surface area (Å²) in [6.07, 6.45) is 2.34. The Morgan fingerprint density at radius 2 is 2.15 bits per heavy atom. The van der Waals surface area contributed by atoms with Gasteiger partial charge < -0.3 is 9.73 Å². The Morgan fingerprint density at radius 1 is 1.35 bits per heavy atom. The lowest BCUT2D eigenvalue weighted by molar-refractivity contribution is 0.534. The van der Waals surface area contributed by atoms with E-state index in [4.69, 9.17) is 4.42 Å². The minimum atomic E-state index is -3.77. The summed E-state index contributed by atoms with van der Waals surface area (Å²) >= 11 is 0. The van der Waals surface area contributed by atoms with E-state index in [-0.39, 0.29) is 16.8 Å². The van der Waals surface area contributed by atoms with E-state index in [1.165, 1.54) is 18.3 Å². The summed E-state index contributed by atoms with van der Waals surface area (Å²) in [7, 11) is -3.77. The largest absolute Gasteiger partial charge is 0.408 e. The van der Waals surface area contributed by atoms with Crippen molar-refractivity contribution in [2.45, 2.75) is 25.2 Å². The van der Waals surface area contributed by atoms with Crippen molar-refractivity contribution in [2.75, 3.05) is 16.6 Å². The second kappa shape index (κ2) is 5.87. The highest BCUT2D eigenvalue weighted by molar-refractivity contribution is 7.92. The first-order chi connectivity index (χ1) is 9.51. The third-order valence-corrected chi connectivity index (χ3v) is 3.66. The van der Waals surface area contributed by atoms with Gasteiger partial charge in [0.2, 0.25) is 5.89 Å². The van der Waals surface area contributed by atoms with Crippen LogP contribution in [0.15, 0.2) is 27.6 Å². The van der Waals surface area contributed by atoms with Gasteiger partial charge in [-0.1, -0.05) is 12.0 Å². The number of nitrogens with zero attached hydrogens (tertiary/aromatic N) is 3. The fraction of sp³-hybridized carbons (Fsp3) is 0.364. The van der Waals surface area contributed by atoms with Crippen LogP contribution in [0, 0.1) is 6.92 Å². The van der Waals surface area contributed by atoms with E-state index in [1.807, 2.05) is 6.92 Å². The molecule has 0 saturated heterocycles. The van der Waals surface area contributed by atoms with Crippen LogP contribution >= 0.6 is 0 Å². The number of pyridine rings is 1. The van der Waals surface area contributed by atoms with Crippen LogP contribution in [0.3, 0.4) is 0 Å². The van der Waals surface area contributed by atoms with Crippen LogP contribution in [0.25, 0.3) is 0 Å². The molecule has 0 amide bonds. The second-order valence-electron chi connectivity index (χ2n) is 4.04. The normalized spacial score (nSPS) is 11.3. The molecular weight excluding hydrogens is 282 g/mol. The third kappa shape index (κ3) is 3.44. The summed E-state index contributed by atoms with van der Waals surface area (Å²) in [6, 6.07) is 2.67. The predicted octanol–water partition coefficient (Wildman–Crippen LogP) is 1.40. The number of hydrogen-bond donors (Lipinski definition) is 2. The van der Waals surface area contributed by atoms with Gasteiger partial charge in [0.15, 0.2) is 0 Å². The Kier molecular flexibility index (Phi) is 4.18. The molecule has 0 bridgehead atoms. The first-order valence-corrected chi connectivity index (χ1v) is 7.52. The number of aromatic nitrogens is 3. The van der Waals surface area contributed by atoms with E-state index in [0.717, 1.165) is 6.42 Å². The quantitative estimate of drug-likeness (QED) is 0.829. The zero-order valence-electron chi connectivity index (χ0n) is 11.1. The van der Waals surface area contributed by atoms with Gasteiger partial charge >= 0.3 is 6.01 Å². The Hall–Kier alpha value is -2.16. The fourth-order valence-electron chi connectivity index (χ4n) is 1.44. The highest BCUT2D eigenvalue weighted by Gasteiger charge is 2.18. The van der Waals surface area contributed by atoms with Gasteiger partial charge in [-0.05, 0) is 12.5 Å². The van der Waals surface area contributed by atoms with Crippen LogP contribution in [0.1, 0.15) is 19.2 Å². The molecule has 0 spiro atoms. The lowest BCUT2D eigenvalue weighted by Crippen LogP contribution is -2.14. The first-order valence-electron chi connectivity index (χ1n) is 6.04. The van der Waals surface area contributed by atoms with E-state index in [9.17, 15) is 8.42 Å². The fourth-order valence-corrected chi connectivity index (χ4v) is 2.38. The third-order valence-electron chi connectivity index (χ3n) is 2.35. The summed E-state index contributed by atoms with van der Waals surface area (Å²) in [6.45, 7) is 4.30. The van der Waals surface area contributed by atoms with Gasteiger partial charge in [0.1, 0.15) is 5.82 Å². The lowest BCUT2D eigenvalue weighted by atomic mass is 10.4. The topological polar surface area (TPSA) is 110 Å². The maximum absolute atomic E-state index is 12.1. The summed E-state index contributed by atoms with van der Waals surface area (Å²) in [5, 5.41) is 10.2. The summed E-state index contributed by atoms with van der Waals surface area (Å²) in [5.74, 6) is 0.777. The van der Waals surface area contributed by atoms with Gasteiger partial charge in [0.05, 0.1) is 4.90 Å². The van der Waals surface area contributed by atoms with Crippen LogP contribution in [0.4, 0.5) is 11.8 Å². The molecule has 0 saturated carbocycles. The van der Waals surface area contributed by atoms with Crippen molar-refractivity contribution in [3.63, 3.8) is 0 Å². The Labute approximate surface area is 116 Å². The van der Waals surface area contributed by atoms with Crippen LogP contribution in [0.5, 0.6) is 0 Å². The van der Waals surface area contributed by atoms with E-state index in [1.54, 1.807) is 6.92 Å². The number of anilines is 2. The van der Waals surface area contributed by atoms with Crippen molar-refractivity contribution < 1.29 is 12.8 Å². The van der Waals surface area contributed by atoms with Gasteiger partial charge in [0, 0.05) is 25.7 Å². The van der Waals surface area contributed by atoms with E-state index in [0.29, 0.717) is 12.4 Å². The molecule has 2 aromatic heterocycles. The molecular formula is C11H15N5O3S. The molecule has 0 aliphatic carbocycles. The number of hydrogen-bond acceptors (Lipinski definition) is 7. The predicted molar refractivity (Wildman–Crippen MR) is 72.9 cm³/mol. The Morgan fingerprint density at radius 3 is 2.80 bits per heavy atom.